The maximum Gasteiger partial charge on any atom is 0.274 e. The Morgan fingerprint density at radius 2 is 2.12 bits per heavy atom. The molecule has 0 aliphatic heterocycles. The summed E-state index contributed by atoms with van der Waals surface area (Å²) in [6.45, 7) is 0.229. The molecule has 1 N–H and O–H groups in total. The number of amides is 1. The van der Waals surface area contributed by atoms with Gasteiger partial charge in [-0.25, -0.2) is 0 Å². The number of nitro benzene ring substituents is 1. The van der Waals surface area contributed by atoms with Gasteiger partial charge in [0.15, 0.2) is 0 Å². The number of nitrogens with zero attached hydrogens (tertiary/aromatic N) is 1. The lowest BCUT2D eigenvalue weighted by Gasteiger charge is -2.04. The molecule has 0 heterocycles. The number of nitro groups is 1. The summed E-state index contributed by atoms with van der Waals surface area (Å²) in [6, 6.07) is 6.44. The van der Waals surface area contributed by atoms with Crippen molar-refractivity contribution in [3.63, 3.8) is 0 Å². The Balaban J connectivity index is 2.02. The van der Waals surface area contributed by atoms with Crippen LogP contribution in [0, 0.1) is 16.0 Å². The number of rotatable bonds is 4. The van der Waals surface area contributed by atoms with Crippen molar-refractivity contribution in [2.75, 3.05) is 0 Å². The second-order valence-corrected chi connectivity index (χ2v) is 3.88. The zero-order valence-electron chi connectivity index (χ0n) is 8.68. The van der Waals surface area contributed by atoms with Gasteiger partial charge in [-0.3, -0.25) is 14.9 Å². The van der Waals surface area contributed by atoms with Gasteiger partial charge in [0.25, 0.3) is 5.69 Å². The molecule has 1 aromatic carbocycles. The predicted octanol–water partition coefficient (Wildman–Crippen LogP) is 1.62. The fourth-order valence-corrected chi connectivity index (χ4v) is 1.51. The minimum absolute atomic E-state index is 0.00171. The maximum absolute atomic E-state index is 11.4. The van der Waals surface area contributed by atoms with E-state index in [-0.39, 0.29) is 24.1 Å². The van der Waals surface area contributed by atoms with Gasteiger partial charge in [-0.05, 0) is 12.8 Å². The minimum Gasteiger partial charge on any atom is -0.352 e. The first-order valence-corrected chi connectivity index (χ1v) is 5.18. The zero-order valence-corrected chi connectivity index (χ0v) is 8.68. The van der Waals surface area contributed by atoms with Gasteiger partial charge in [-0.2, -0.15) is 0 Å². The molecular weight excluding hydrogens is 208 g/mol. The number of hydrogen-bond acceptors (Lipinski definition) is 3. The predicted molar refractivity (Wildman–Crippen MR) is 57.7 cm³/mol. The third kappa shape index (κ3) is 2.36. The summed E-state index contributed by atoms with van der Waals surface area (Å²) < 4.78 is 0. The van der Waals surface area contributed by atoms with Gasteiger partial charge in [0.2, 0.25) is 5.91 Å². The van der Waals surface area contributed by atoms with Crippen LogP contribution >= 0.6 is 0 Å². The first kappa shape index (κ1) is 10.6. The van der Waals surface area contributed by atoms with Crippen molar-refractivity contribution in [3.8, 4) is 0 Å². The highest BCUT2D eigenvalue weighted by molar-refractivity contribution is 5.80. The molecule has 5 nitrogen and oxygen atoms in total. The summed E-state index contributed by atoms with van der Waals surface area (Å²) in [5.74, 6) is 0.126. The minimum atomic E-state index is -0.432. The molecule has 16 heavy (non-hydrogen) atoms. The number of nitrogens with one attached hydrogen (secondary N) is 1. The van der Waals surface area contributed by atoms with Gasteiger partial charge in [0.1, 0.15) is 0 Å². The molecule has 5 heteroatoms. The van der Waals surface area contributed by atoms with E-state index in [9.17, 15) is 14.9 Å². The molecule has 2 rings (SSSR count). The van der Waals surface area contributed by atoms with E-state index in [1.54, 1.807) is 18.2 Å². The van der Waals surface area contributed by atoms with E-state index >= 15 is 0 Å². The van der Waals surface area contributed by atoms with Crippen LogP contribution in [0.5, 0.6) is 0 Å². The monoisotopic (exact) mass is 220 g/mol. The Bertz CT molecular complexity index is 427. The van der Waals surface area contributed by atoms with Crippen LogP contribution in [0.1, 0.15) is 18.4 Å². The molecule has 1 aliphatic rings. The molecule has 84 valence electrons. The second kappa shape index (κ2) is 4.30. The lowest BCUT2D eigenvalue weighted by Crippen LogP contribution is -2.24. The molecular formula is C11H12N2O3. The Morgan fingerprint density at radius 1 is 1.44 bits per heavy atom. The Hall–Kier alpha value is -1.91. The van der Waals surface area contributed by atoms with Crippen LogP contribution in [0.2, 0.25) is 0 Å². The van der Waals surface area contributed by atoms with Crippen molar-refractivity contribution >= 4 is 11.6 Å². The molecule has 0 aromatic heterocycles. The number of carbonyl (C=O) groups excluding carboxylic acids is 1. The average molecular weight is 220 g/mol. The van der Waals surface area contributed by atoms with Gasteiger partial charge in [-0.1, -0.05) is 18.2 Å². The maximum atomic E-state index is 11.4. The lowest BCUT2D eigenvalue weighted by atomic mass is 10.2. The normalized spacial score (nSPS) is 14.5. The van der Waals surface area contributed by atoms with Crippen LogP contribution in [-0.4, -0.2) is 10.8 Å². The van der Waals surface area contributed by atoms with Gasteiger partial charge in [0.05, 0.1) is 4.92 Å². The fourth-order valence-electron chi connectivity index (χ4n) is 1.51. The standard InChI is InChI=1S/C11H12N2O3/c14-11(8-5-6-8)12-7-9-3-1-2-4-10(9)13(15)16/h1-4,8H,5-7H2,(H,12,14). The zero-order chi connectivity index (χ0) is 11.5. The summed E-state index contributed by atoms with van der Waals surface area (Å²) in [4.78, 5) is 21.7. The van der Waals surface area contributed by atoms with Crippen LogP contribution in [0.25, 0.3) is 0 Å². The molecule has 0 unspecified atom stereocenters. The van der Waals surface area contributed by atoms with E-state index in [1.807, 2.05) is 0 Å². The number of benzene rings is 1. The quantitative estimate of drug-likeness (QED) is 0.619. The third-order valence-corrected chi connectivity index (χ3v) is 2.59. The summed E-state index contributed by atoms with van der Waals surface area (Å²) in [5, 5.41) is 13.4. The fraction of sp³-hybridized carbons (Fsp3) is 0.364. The molecule has 1 aromatic rings. The van der Waals surface area contributed by atoms with Crippen molar-refractivity contribution in [2.45, 2.75) is 19.4 Å². The summed E-state index contributed by atoms with van der Waals surface area (Å²) >= 11 is 0. The van der Waals surface area contributed by atoms with Gasteiger partial charge in [-0.15, -0.1) is 0 Å². The van der Waals surface area contributed by atoms with Crippen LogP contribution in [0.15, 0.2) is 24.3 Å². The molecule has 1 fully saturated rings. The van der Waals surface area contributed by atoms with Gasteiger partial charge >= 0.3 is 0 Å². The van der Waals surface area contributed by atoms with Crippen molar-refractivity contribution in [1.82, 2.24) is 5.32 Å². The highest BCUT2D eigenvalue weighted by Crippen LogP contribution is 2.29. The first-order valence-electron chi connectivity index (χ1n) is 5.18. The molecule has 1 aliphatic carbocycles. The molecule has 0 bridgehead atoms. The highest BCUT2D eigenvalue weighted by atomic mass is 16.6. The number of para-hydroxylation sites is 1. The van der Waals surface area contributed by atoms with E-state index in [0.29, 0.717) is 5.56 Å². The van der Waals surface area contributed by atoms with E-state index in [4.69, 9.17) is 0 Å². The average Bonchev–Trinajstić information content (AvgIpc) is 3.10. The number of hydrogen-bond donors (Lipinski definition) is 1. The third-order valence-electron chi connectivity index (χ3n) is 2.59. The Morgan fingerprint density at radius 3 is 2.75 bits per heavy atom. The van der Waals surface area contributed by atoms with Crippen molar-refractivity contribution in [3.05, 3.63) is 39.9 Å². The van der Waals surface area contributed by atoms with Crippen LogP contribution < -0.4 is 5.32 Å². The summed E-state index contributed by atoms with van der Waals surface area (Å²) in [5.41, 5.74) is 0.597. The Kier molecular flexibility index (Phi) is 2.85. The van der Waals surface area contributed by atoms with Gasteiger partial charge in [0, 0.05) is 24.1 Å². The molecule has 0 spiro atoms. The van der Waals surface area contributed by atoms with E-state index < -0.39 is 4.92 Å². The smallest absolute Gasteiger partial charge is 0.274 e. The summed E-state index contributed by atoms with van der Waals surface area (Å²) in [6.07, 6.45) is 1.87. The number of carbonyl (C=O) groups is 1. The van der Waals surface area contributed by atoms with Gasteiger partial charge < -0.3 is 5.32 Å². The summed E-state index contributed by atoms with van der Waals surface area (Å²) in [7, 11) is 0. The van der Waals surface area contributed by atoms with Crippen molar-refractivity contribution in [2.24, 2.45) is 5.92 Å². The van der Waals surface area contributed by atoms with Crippen LogP contribution in [0.3, 0.4) is 0 Å². The first-order chi connectivity index (χ1) is 7.68. The van der Waals surface area contributed by atoms with Crippen molar-refractivity contribution in [1.29, 1.82) is 0 Å². The molecule has 1 amide bonds. The van der Waals surface area contributed by atoms with Crippen LogP contribution in [0.4, 0.5) is 5.69 Å². The molecule has 0 atom stereocenters. The Labute approximate surface area is 92.6 Å². The van der Waals surface area contributed by atoms with Crippen molar-refractivity contribution < 1.29 is 9.72 Å². The van der Waals surface area contributed by atoms with E-state index in [0.717, 1.165) is 12.8 Å². The molecule has 1 saturated carbocycles. The van der Waals surface area contributed by atoms with E-state index in [1.165, 1.54) is 6.07 Å². The molecule has 0 radical (unpaired) electrons. The molecule has 0 saturated heterocycles. The topological polar surface area (TPSA) is 72.2 Å². The second-order valence-electron chi connectivity index (χ2n) is 3.88. The SMILES string of the molecule is O=C(NCc1ccccc1[N+](=O)[O-])C1CC1. The highest BCUT2D eigenvalue weighted by Gasteiger charge is 2.29. The van der Waals surface area contributed by atoms with Crippen LogP contribution in [-0.2, 0) is 11.3 Å². The largest absolute Gasteiger partial charge is 0.352 e. The van der Waals surface area contributed by atoms with E-state index in [2.05, 4.69) is 5.32 Å². The lowest BCUT2D eigenvalue weighted by molar-refractivity contribution is -0.385.